The number of amides is 1. The highest BCUT2D eigenvalue weighted by molar-refractivity contribution is 6.30. The standard InChI is InChI=1S/C17H20ClN3O/c1-3-4-7-20-17(22)13-9-15(11-19-10-13)21-16-6-5-14(18)8-12(16)2/h5-6,8-11,21H,3-4,7H2,1-2H3,(H,20,22). The number of hydrogen-bond acceptors (Lipinski definition) is 3. The summed E-state index contributed by atoms with van der Waals surface area (Å²) in [5.41, 5.74) is 3.29. The van der Waals surface area contributed by atoms with Gasteiger partial charge in [0, 0.05) is 23.5 Å². The summed E-state index contributed by atoms with van der Waals surface area (Å²) in [4.78, 5) is 16.2. The molecule has 0 aliphatic rings. The molecule has 1 aromatic carbocycles. The van der Waals surface area contributed by atoms with Crippen molar-refractivity contribution in [2.75, 3.05) is 11.9 Å². The van der Waals surface area contributed by atoms with Crippen LogP contribution in [0.3, 0.4) is 0 Å². The second-order valence-electron chi connectivity index (χ2n) is 5.16. The van der Waals surface area contributed by atoms with Crippen molar-refractivity contribution in [2.45, 2.75) is 26.7 Å². The van der Waals surface area contributed by atoms with Crippen LogP contribution in [0, 0.1) is 6.92 Å². The smallest absolute Gasteiger partial charge is 0.252 e. The Kier molecular flexibility index (Phi) is 5.78. The first-order valence-electron chi connectivity index (χ1n) is 7.36. The van der Waals surface area contributed by atoms with E-state index in [-0.39, 0.29) is 5.91 Å². The number of carbonyl (C=O) groups is 1. The van der Waals surface area contributed by atoms with E-state index in [0.29, 0.717) is 17.1 Å². The van der Waals surface area contributed by atoms with E-state index in [0.717, 1.165) is 29.8 Å². The van der Waals surface area contributed by atoms with Crippen LogP contribution in [0.15, 0.2) is 36.7 Å². The fourth-order valence-electron chi connectivity index (χ4n) is 2.04. The maximum Gasteiger partial charge on any atom is 0.252 e. The molecule has 0 bridgehead atoms. The lowest BCUT2D eigenvalue weighted by atomic mass is 10.2. The number of pyridine rings is 1. The van der Waals surface area contributed by atoms with Crippen LogP contribution in [0.5, 0.6) is 0 Å². The van der Waals surface area contributed by atoms with Crippen LogP contribution in [0.2, 0.25) is 5.02 Å². The van der Waals surface area contributed by atoms with E-state index in [9.17, 15) is 4.79 Å². The first kappa shape index (κ1) is 16.3. The first-order chi connectivity index (χ1) is 10.6. The maximum atomic E-state index is 12.0. The zero-order valence-electron chi connectivity index (χ0n) is 12.8. The molecule has 0 radical (unpaired) electrons. The predicted molar refractivity (Wildman–Crippen MR) is 90.9 cm³/mol. The van der Waals surface area contributed by atoms with Crippen molar-refractivity contribution in [3.63, 3.8) is 0 Å². The molecular weight excluding hydrogens is 298 g/mol. The van der Waals surface area contributed by atoms with Gasteiger partial charge in [-0.1, -0.05) is 24.9 Å². The number of nitrogens with zero attached hydrogens (tertiary/aromatic N) is 1. The van der Waals surface area contributed by atoms with Gasteiger partial charge in [-0.2, -0.15) is 0 Å². The minimum Gasteiger partial charge on any atom is -0.354 e. The number of benzene rings is 1. The van der Waals surface area contributed by atoms with Crippen LogP contribution < -0.4 is 10.6 Å². The Morgan fingerprint density at radius 3 is 2.82 bits per heavy atom. The van der Waals surface area contributed by atoms with Crippen LogP contribution in [-0.2, 0) is 0 Å². The molecule has 1 amide bonds. The minimum absolute atomic E-state index is 0.0996. The van der Waals surface area contributed by atoms with Gasteiger partial charge >= 0.3 is 0 Å². The molecule has 4 nitrogen and oxygen atoms in total. The lowest BCUT2D eigenvalue weighted by molar-refractivity contribution is 0.0953. The van der Waals surface area contributed by atoms with Gasteiger partial charge in [-0.3, -0.25) is 9.78 Å². The van der Waals surface area contributed by atoms with Gasteiger partial charge in [0.05, 0.1) is 17.4 Å². The Hall–Kier alpha value is -2.07. The molecule has 5 heteroatoms. The monoisotopic (exact) mass is 317 g/mol. The summed E-state index contributed by atoms with van der Waals surface area (Å²) in [6.07, 6.45) is 5.29. The first-order valence-corrected chi connectivity index (χ1v) is 7.74. The topological polar surface area (TPSA) is 54.0 Å². The number of aryl methyl sites for hydroxylation is 1. The van der Waals surface area contributed by atoms with E-state index in [4.69, 9.17) is 11.6 Å². The number of aromatic nitrogens is 1. The summed E-state index contributed by atoms with van der Waals surface area (Å²) >= 11 is 5.95. The van der Waals surface area contributed by atoms with E-state index >= 15 is 0 Å². The fraction of sp³-hybridized carbons (Fsp3) is 0.294. The van der Waals surface area contributed by atoms with Gasteiger partial charge in [-0.05, 0) is 43.2 Å². The number of rotatable bonds is 6. The molecule has 0 aliphatic carbocycles. The third-order valence-corrected chi connectivity index (χ3v) is 3.52. The average Bonchev–Trinajstić information content (AvgIpc) is 2.50. The van der Waals surface area contributed by atoms with Crippen molar-refractivity contribution in [1.29, 1.82) is 0 Å². The molecule has 22 heavy (non-hydrogen) atoms. The molecule has 2 rings (SSSR count). The highest BCUT2D eigenvalue weighted by Gasteiger charge is 2.07. The van der Waals surface area contributed by atoms with Gasteiger partial charge in [0.2, 0.25) is 0 Å². The third kappa shape index (κ3) is 4.46. The normalized spacial score (nSPS) is 10.3. The summed E-state index contributed by atoms with van der Waals surface area (Å²) in [7, 11) is 0. The van der Waals surface area contributed by atoms with Crippen molar-refractivity contribution in [3.8, 4) is 0 Å². The quantitative estimate of drug-likeness (QED) is 0.780. The molecule has 116 valence electrons. The van der Waals surface area contributed by atoms with Crippen molar-refractivity contribution in [1.82, 2.24) is 10.3 Å². The lowest BCUT2D eigenvalue weighted by Gasteiger charge is -2.11. The second kappa shape index (κ2) is 7.80. The van der Waals surface area contributed by atoms with Gasteiger partial charge in [-0.15, -0.1) is 0 Å². The van der Waals surface area contributed by atoms with E-state index < -0.39 is 0 Å². The summed E-state index contributed by atoms with van der Waals surface area (Å²) in [6, 6.07) is 7.41. The SMILES string of the molecule is CCCCNC(=O)c1cncc(Nc2ccc(Cl)cc2C)c1. The molecule has 0 unspecified atom stereocenters. The van der Waals surface area contributed by atoms with Crippen molar-refractivity contribution in [3.05, 3.63) is 52.8 Å². The summed E-state index contributed by atoms with van der Waals surface area (Å²) in [5, 5.41) is 6.85. The molecule has 0 fully saturated rings. The number of halogens is 1. The minimum atomic E-state index is -0.0996. The lowest BCUT2D eigenvalue weighted by Crippen LogP contribution is -2.24. The number of nitrogens with one attached hydrogen (secondary N) is 2. The Labute approximate surface area is 135 Å². The highest BCUT2D eigenvalue weighted by atomic mass is 35.5. The Balaban J connectivity index is 2.09. The summed E-state index contributed by atoms with van der Waals surface area (Å²) in [5.74, 6) is -0.0996. The number of unbranched alkanes of at least 4 members (excludes halogenated alkanes) is 1. The molecule has 0 atom stereocenters. The molecular formula is C17H20ClN3O. The predicted octanol–water partition coefficient (Wildman–Crippen LogP) is 4.32. The van der Waals surface area contributed by atoms with Gasteiger partial charge in [-0.25, -0.2) is 0 Å². The molecule has 1 heterocycles. The van der Waals surface area contributed by atoms with Crippen LogP contribution in [-0.4, -0.2) is 17.4 Å². The number of anilines is 2. The van der Waals surface area contributed by atoms with Crippen molar-refractivity contribution >= 4 is 28.9 Å². The fourth-order valence-corrected chi connectivity index (χ4v) is 2.26. The zero-order valence-corrected chi connectivity index (χ0v) is 13.6. The molecule has 0 spiro atoms. The van der Waals surface area contributed by atoms with Crippen molar-refractivity contribution in [2.24, 2.45) is 0 Å². The van der Waals surface area contributed by atoms with Gasteiger partial charge in [0.15, 0.2) is 0 Å². The Bertz CT molecular complexity index is 658. The third-order valence-electron chi connectivity index (χ3n) is 3.28. The molecule has 0 saturated heterocycles. The summed E-state index contributed by atoms with van der Waals surface area (Å²) < 4.78 is 0. The molecule has 2 N–H and O–H groups in total. The Morgan fingerprint density at radius 1 is 1.27 bits per heavy atom. The molecule has 2 aromatic rings. The van der Waals surface area contributed by atoms with E-state index in [1.165, 1.54) is 0 Å². The van der Waals surface area contributed by atoms with Gasteiger partial charge < -0.3 is 10.6 Å². The van der Waals surface area contributed by atoms with E-state index in [1.807, 2.05) is 25.1 Å². The van der Waals surface area contributed by atoms with Crippen LogP contribution in [0.1, 0.15) is 35.7 Å². The number of hydrogen-bond donors (Lipinski definition) is 2. The van der Waals surface area contributed by atoms with Gasteiger partial charge in [0.25, 0.3) is 5.91 Å². The average molecular weight is 318 g/mol. The van der Waals surface area contributed by atoms with E-state index in [2.05, 4.69) is 22.5 Å². The summed E-state index contributed by atoms with van der Waals surface area (Å²) in [6.45, 7) is 4.75. The molecule has 0 saturated carbocycles. The van der Waals surface area contributed by atoms with Crippen LogP contribution in [0.25, 0.3) is 0 Å². The molecule has 0 aliphatic heterocycles. The molecule has 1 aromatic heterocycles. The van der Waals surface area contributed by atoms with E-state index in [1.54, 1.807) is 18.5 Å². The Morgan fingerprint density at radius 2 is 2.09 bits per heavy atom. The van der Waals surface area contributed by atoms with Crippen molar-refractivity contribution < 1.29 is 4.79 Å². The number of carbonyl (C=O) groups excluding carboxylic acids is 1. The van der Waals surface area contributed by atoms with Crippen LogP contribution in [0.4, 0.5) is 11.4 Å². The van der Waals surface area contributed by atoms with Gasteiger partial charge in [0.1, 0.15) is 0 Å². The second-order valence-corrected chi connectivity index (χ2v) is 5.59. The largest absolute Gasteiger partial charge is 0.354 e. The maximum absolute atomic E-state index is 12.0. The van der Waals surface area contributed by atoms with Crippen LogP contribution >= 0.6 is 11.6 Å². The zero-order chi connectivity index (χ0) is 15.9. The highest BCUT2D eigenvalue weighted by Crippen LogP contribution is 2.23.